The summed E-state index contributed by atoms with van der Waals surface area (Å²) >= 11 is 0. The van der Waals surface area contributed by atoms with Gasteiger partial charge in [-0.05, 0) is 18.2 Å². The van der Waals surface area contributed by atoms with Crippen LogP contribution in [0, 0.1) is 0 Å². The van der Waals surface area contributed by atoms with Crippen molar-refractivity contribution in [3.63, 3.8) is 0 Å². The molecule has 0 fully saturated rings. The Kier molecular flexibility index (Phi) is 2.36. The van der Waals surface area contributed by atoms with E-state index in [2.05, 4.69) is 9.97 Å². The zero-order chi connectivity index (χ0) is 9.80. The van der Waals surface area contributed by atoms with Crippen LogP contribution in [0.1, 0.15) is 16.3 Å². The van der Waals surface area contributed by atoms with Crippen LogP contribution in [0.5, 0.6) is 0 Å². The minimum Gasteiger partial charge on any atom is -0.338 e. The molecule has 0 aliphatic heterocycles. The predicted molar refractivity (Wildman–Crippen MR) is 51.0 cm³/mol. The number of carbonyl (C=O) groups excluding carboxylic acids is 1. The summed E-state index contributed by atoms with van der Waals surface area (Å²) < 4.78 is 1.81. The Labute approximate surface area is 81.2 Å². The van der Waals surface area contributed by atoms with E-state index in [9.17, 15) is 4.79 Å². The third kappa shape index (κ3) is 1.69. The first-order valence-electron chi connectivity index (χ1n) is 4.26. The Morgan fingerprint density at radius 1 is 1.29 bits per heavy atom. The quantitative estimate of drug-likeness (QED) is 0.677. The van der Waals surface area contributed by atoms with Crippen molar-refractivity contribution in [1.29, 1.82) is 0 Å². The number of nitrogens with zero attached hydrogens (tertiary/aromatic N) is 3. The lowest BCUT2D eigenvalue weighted by molar-refractivity contribution is 0.111. The van der Waals surface area contributed by atoms with Crippen molar-refractivity contribution in [2.75, 3.05) is 0 Å². The van der Waals surface area contributed by atoms with Crippen molar-refractivity contribution >= 4 is 6.29 Å². The topological polar surface area (TPSA) is 47.8 Å². The Balaban J connectivity index is 2.23. The van der Waals surface area contributed by atoms with Gasteiger partial charge in [-0.2, -0.15) is 0 Å². The standard InChI is InChI=1S/C10H9N3O/c14-8-9-3-1-6-13(9)7-10-11-4-2-5-12-10/h1-6,8H,7H2. The third-order valence-corrected chi connectivity index (χ3v) is 1.92. The van der Waals surface area contributed by atoms with E-state index in [-0.39, 0.29) is 0 Å². The van der Waals surface area contributed by atoms with Gasteiger partial charge in [-0.3, -0.25) is 4.79 Å². The number of aldehydes is 1. The molecule has 4 heteroatoms. The van der Waals surface area contributed by atoms with Crippen molar-refractivity contribution in [2.24, 2.45) is 0 Å². The van der Waals surface area contributed by atoms with Gasteiger partial charge in [-0.15, -0.1) is 0 Å². The zero-order valence-corrected chi connectivity index (χ0v) is 7.50. The second-order valence-corrected chi connectivity index (χ2v) is 2.84. The minimum atomic E-state index is 0.530. The molecule has 0 radical (unpaired) electrons. The second kappa shape index (κ2) is 3.83. The highest BCUT2D eigenvalue weighted by Crippen LogP contribution is 2.01. The molecule has 4 nitrogen and oxygen atoms in total. The second-order valence-electron chi connectivity index (χ2n) is 2.84. The fourth-order valence-electron chi connectivity index (χ4n) is 1.24. The van der Waals surface area contributed by atoms with Gasteiger partial charge >= 0.3 is 0 Å². The summed E-state index contributed by atoms with van der Waals surface area (Å²) in [5.41, 5.74) is 0.637. The normalized spacial score (nSPS) is 10.0. The van der Waals surface area contributed by atoms with Crippen LogP contribution in [0.4, 0.5) is 0 Å². The van der Waals surface area contributed by atoms with Gasteiger partial charge in [0.25, 0.3) is 0 Å². The van der Waals surface area contributed by atoms with Crippen molar-refractivity contribution in [2.45, 2.75) is 6.54 Å². The molecule has 2 aromatic heterocycles. The fraction of sp³-hybridized carbons (Fsp3) is 0.100. The summed E-state index contributed by atoms with van der Waals surface area (Å²) in [7, 11) is 0. The summed E-state index contributed by atoms with van der Waals surface area (Å²) in [6.45, 7) is 0.530. The summed E-state index contributed by atoms with van der Waals surface area (Å²) in [5.74, 6) is 0.701. The Hall–Kier alpha value is -1.97. The van der Waals surface area contributed by atoms with E-state index >= 15 is 0 Å². The SMILES string of the molecule is O=Cc1cccn1Cc1ncccn1. The van der Waals surface area contributed by atoms with E-state index in [0.29, 0.717) is 18.1 Å². The predicted octanol–water partition coefficient (Wildman–Crippen LogP) is 1.14. The molecule has 70 valence electrons. The first-order valence-corrected chi connectivity index (χ1v) is 4.26. The van der Waals surface area contributed by atoms with Gasteiger partial charge in [0.2, 0.25) is 0 Å². The molecule has 0 aromatic carbocycles. The molecule has 0 amide bonds. The van der Waals surface area contributed by atoms with Crippen LogP contribution in [0.2, 0.25) is 0 Å². The largest absolute Gasteiger partial charge is 0.338 e. The maximum absolute atomic E-state index is 10.6. The molecule has 0 unspecified atom stereocenters. The van der Waals surface area contributed by atoms with Crippen molar-refractivity contribution in [3.05, 3.63) is 48.3 Å². The number of rotatable bonds is 3. The Morgan fingerprint density at radius 3 is 2.79 bits per heavy atom. The average Bonchev–Trinajstić information content (AvgIpc) is 2.67. The molecule has 0 N–H and O–H groups in total. The van der Waals surface area contributed by atoms with E-state index in [1.54, 1.807) is 24.5 Å². The van der Waals surface area contributed by atoms with Crippen LogP contribution < -0.4 is 0 Å². The highest BCUT2D eigenvalue weighted by molar-refractivity contribution is 5.72. The molecule has 0 saturated carbocycles. The van der Waals surface area contributed by atoms with Gasteiger partial charge in [-0.1, -0.05) is 0 Å². The molecule has 14 heavy (non-hydrogen) atoms. The molecule has 2 heterocycles. The van der Waals surface area contributed by atoms with Crippen molar-refractivity contribution in [1.82, 2.24) is 14.5 Å². The Morgan fingerprint density at radius 2 is 2.07 bits per heavy atom. The smallest absolute Gasteiger partial charge is 0.166 e. The molecular formula is C10H9N3O. The molecular weight excluding hydrogens is 178 g/mol. The molecule has 0 aliphatic rings. The first-order chi connectivity index (χ1) is 6.90. The molecule has 0 atom stereocenters. The first kappa shape index (κ1) is 8.62. The summed E-state index contributed by atoms with van der Waals surface area (Å²) in [6, 6.07) is 5.35. The number of carbonyl (C=O) groups is 1. The van der Waals surface area contributed by atoms with Crippen LogP contribution in [0.3, 0.4) is 0 Å². The van der Waals surface area contributed by atoms with Gasteiger partial charge in [0.05, 0.1) is 12.2 Å². The maximum Gasteiger partial charge on any atom is 0.166 e. The number of hydrogen-bond acceptors (Lipinski definition) is 3. The molecule has 0 saturated heterocycles. The van der Waals surface area contributed by atoms with E-state index in [1.165, 1.54) is 0 Å². The van der Waals surface area contributed by atoms with E-state index < -0.39 is 0 Å². The highest BCUT2D eigenvalue weighted by Gasteiger charge is 2.00. The maximum atomic E-state index is 10.6. The fourth-order valence-corrected chi connectivity index (χ4v) is 1.24. The van der Waals surface area contributed by atoms with Crippen LogP contribution in [0.25, 0.3) is 0 Å². The number of hydrogen-bond donors (Lipinski definition) is 0. The van der Waals surface area contributed by atoms with E-state index in [4.69, 9.17) is 0 Å². The monoisotopic (exact) mass is 187 g/mol. The molecule has 0 bridgehead atoms. The summed E-state index contributed by atoms with van der Waals surface area (Å²) in [5, 5.41) is 0. The highest BCUT2D eigenvalue weighted by atomic mass is 16.1. The van der Waals surface area contributed by atoms with Crippen LogP contribution >= 0.6 is 0 Å². The molecule has 0 aliphatic carbocycles. The molecule has 2 rings (SSSR count). The van der Waals surface area contributed by atoms with Crippen LogP contribution in [-0.4, -0.2) is 20.8 Å². The molecule has 0 spiro atoms. The molecule has 2 aromatic rings. The van der Waals surface area contributed by atoms with Gasteiger partial charge in [0.1, 0.15) is 5.82 Å². The average molecular weight is 187 g/mol. The van der Waals surface area contributed by atoms with Gasteiger partial charge in [-0.25, -0.2) is 9.97 Å². The van der Waals surface area contributed by atoms with Gasteiger partial charge in [0, 0.05) is 18.6 Å². The van der Waals surface area contributed by atoms with Gasteiger partial charge in [0.15, 0.2) is 6.29 Å². The minimum absolute atomic E-state index is 0.530. The van der Waals surface area contributed by atoms with Crippen molar-refractivity contribution < 1.29 is 4.79 Å². The van der Waals surface area contributed by atoms with Crippen LogP contribution in [-0.2, 0) is 6.54 Å². The van der Waals surface area contributed by atoms with Crippen LogP contribution in [0.15, 0.2) is 36.8 Å². The Bertz CT molecular complexity index is 422. The van der Waals surface area contributed by atoms with E-state index in [0.717, 1.165) is 6.29 Å². The summed E-state index contributed by atoms with van der Waals surface area (Å²) in [4.78, 5) is 18.8. The van der Waals surface area contributed by atoms with Gasteiger partial charge < -0.3 is 4.57 Å². The third-order valence-electron chi connectivity index (χ3n) is 1.92. The van der Waals surface area contributed by atoms with E-state index in [1.807, 2.05) is 16.8 Å². The lowest BCUT2D eigenvalue weighted by atomic mass is 10.4. The number of aromatic nitrogens is 3. The zero-order valence-electron chi connectivity index (χ0n) is 7.50. The summed E-state index contributed by atoms with van der Waals surface area (Å²) in [6.07, 6.45) is 6.03. The lowest BCUT2D eigenvalue weighted by Gasteiger charge is -2.02. The lowest BCUT2D eigenvalue weighted by Crippen LogP contribution is -2.05. The van der Waals surface area contributed by atoms with Crippen molar-refractivity contribution in [3.8, 4) is 0 Å².